The van der Waals surface area contributed by atoms with Crippen molar-refractivity contribution in [1.29, 1.82) is 0 Å². The van der Waals surface area contributed by atoms with Gasteiger partial charge in [-0.3, -0.25) is 0 Å². The van der Waals surface area contributed by atoms with Crippen molar-refractivity contribution in [2.75, 3.05) is 13.7 Å². The third kappa shape index (κ3) is 3.00. The average molecular weight is 194 g/mol. The van der Waals surface area contributed by atoms with Crippen LogP contribution in [0.1, 0.15) is 24.6 Å². The van der Waals surface area contributed by atoms with Crippen LogP contribution in [0.5, 0.6) is 5.88 Å². The molecule has 3 nitrogen and oxygen atoms in total. The standard InChI is InChI=1S/C11H18N2O/c1-4-7-12-8-10-5-6-11(14-3)13-9(10)2/h5-6,12H,4,7-8H2,1-3H3. The van der Waals surface area contributed by atoms with E-state index in [0.717, 1.165) is 25.2 Å². The Kier molecular flexibility index (Phi) is 4.40. The molecule has 78 valence electrons. The van der Waals surface area contributed by atoms with E-state index in [1.54, 1.807) is 7.11 Å². The molecular formula is C11H18N2O. The summed E-state index contributed by atoms with van der Waals surface area (Å²) in [5, 5.41) is 3.35. The Balaban J connectivity index is 2.59. The van der Waals surface area contributed by atoms with Crippen LogP contribution in [0.4, 0.5) is 0 Å². The third-order valence-electron chi connectivity index (χ3n) is 2.12. The van der Waals surface area contributed by atoms with Crippen molar-refractivity contribution in [1.82, 2.24) is 10.3 Å². The summed E-state index contributed by atoms with van der Waals surface area (Å²) in [5.74, 6) is 0.682. The van der Waals surface area contributed by atoms with Gasteiger partial charge in [-0.05, 0) is 25.5 Å². The van der Waals surface area contributed by atoms with E-state index < -0.39 is 0 Å². The maximum absolute atomic E-state index is 5.04. The lowest BCUT2D eigenvalue weighted by atomic mass is 10.2. The first-order chi connectivity index (χ1) is 6.77. The molecule has 0 atom stereocenters. The molecule has 0 fully saturated rings. The molecule has 1 aromatic heterocycles. The Labute approximate surface area is 85.5 Å². The van der Waals surface area contributed by atoms with Gasteiger partial charge in [-0.15, -0.1) is 0 Å². The molecule has 0 radical (unpaired) electrons. The van der Waals surface area contributed by atoms with Gasteiger partial charge in [0.25, 0.3) is 0 Å². The van der Waals surface area contributed by atoms with Crippen LogP contribution in [0.2, 0.25) is 0 Å². The summed E-state index contributed by atoms with van der Waals surface area (Å²) in [7, 11) is 1.64. The van der Waals surface area contributed by atoms with Gasteiger partial charge in [-0.1, -0.05) is 13.0 Å². The van der Waals surface area contributed by atoms with Crippen molar-refractivity contribution < 1.29 is 4.74 Å². The Hall–Kier alpha value is -1.09. The van der Waals surface area contributed by atoms with Crippen LogP contribution >= 0.6 is 0 Å². The molecule has 0 unspecified atom stereocenters. The molecule has 0 saturated carbocycles. The molecule has 1 N–H and O–H groups in total. The number of methoxy groups -OCH3 is 1. The van der Waals surface area contributed by atoms with Gasteiger partial charge in [0.2, 0.25) is 5.88 Å². The first-order valence-corrected chi connectivity index (χ1v) is 4.99. The number of rotatable bonds is 5. The zero-order chi connectivity index (χ0) is 10.4. The molecule has 0 aliphatic rings. The van der Waals surface area contributed by atoms with Crippen LogP contribution in [0.15, 0.2) is 12.1 Å². The lowest BCUT2D eigenvalue weighted by molar-refractivity contribution is 0.396. The van der Waals surface area contributed by atoms with Crippen molar-refractivity contribution in [3.8, 4) is 5.88 Å². The molecule has 0 aliphatic heterocycles. The molecule has 1 rings (SSSR count). The Morgan fingerprint density at radius 1 is 1.43 bits per heavy atom. The van der Waals surface area contributed by atoms with E-state index in [1.165, 1.54) is 5.56 Å². The predicted molar refractivity (Wildman–Crippen MR) is 57.5 cm³/mol. The van der Waals surface area contributed by atoms with Crippen LogP contribution in [0, 0.1) is 6.92 Å². The Morgan fingerprint density at radius 2 is 2.21 bits per heavy atom. The summed E-state index contributed by atoms with van der Waals surface area (Å²) in [5.41, 5.74) is 2.27. The van der Waals surface area contributed by atoms with Crippen LogP contribution in [0.25, 0.3) is 0 Å². The first-order valence-electron chi connectivity index (χ1n) is 4.99. The Morgan fingerprint density at radius 3 is 2.79 bits per heavy atom. The predicted octanol–water partition coefficient (Wildman–Crippen LogP) is 1.90. The number of nitrogens with one attached hydrogen (secondary N) is 1. The maximum atomic E-state index is 5.04. The number of nitrogens with zero attached hydrogens (tertiary/aromatic N) is 1. The van der Waals surface area contributed by atoms with Crippen molar-refractivity contribution in [3.63, 3.8) is 0 Å². The van der Waals surface area contributed by atoms with Gasteiger partial charge in [0, 0.05) is 18.3 Å². The SMILES string of the molecule is CCCNCc1ccc(OC)nc1C. The van der Waals surface area contributed by atoms with Gasteiger partial charge < -0.3 is 10.1 Å². The van der Waals surface area contributed by atoms with Gasteiger partial charge in [0.1, 0.15) is 0 Å². The zero-order valence-electron chi connectivity index (χ0n) is 9.13. The highest BCUT2D eigenvalue weighted by molar-refractivity contribution is 5.24. The van der Waals surface area contributed by atoms with E-state index in [2.05, 4.69) is 23.3 Å². The highest BCUT2D eigenvalue weighted by Gasteiger charge is 2.00. The number of pyridine rings is 1. The molecule has 3 heteroatoms. The van der Waals surface area contributed by atoms with Gasteiger partial charge >= 0.3 is 0 Å². The van der Waals surface area contributed by atoms with E-state index in [-0.39, 0.29) is 0 Å². The molecule has 1 aromatic rings. The quantitative estimate of drug-likeness (QED) is 0.727. The second-order valence-corrected chi connectivity index (χ2v) is 3.27. The van der Waals surface area contributed by atoms with Crippen molar-refractivity contribution >= 4 is 0 Å². The summed E-state index contributed by atoms with van der Waals surface area (Å²) in [6.07, 6.45) is 1.16. The molecular weight excluding hydrogens is 176 g/mol. The second-order valence-electron chi connectivity index (χ2n) is 3.27. The fourth-order valence-corrected chi connectivity index (χ4v) is 1.27. The topological polar surface area (TPSA) is 34.1 Å². The number of aromatic nitrogens is 1. The lowest BCUT2D eigenvalue weighted by Crippen LogP contribution is -2.15. The molecule has 1 heterocycles. The molecule has 0 saturated heterocycles. The van der Waals surface area contributed by atoms with Gasteiger partial charge in [-0.2, -0.15) is 0 Å². The number of ether oxygens (including phenoxy) is 1. The smallest absolute Gasteiger partial charge is 0.213 e. The van der Waals surface area contributed by atoms with Crippen molar-refractivity contribution in [2.24, 2.45) is 0 Å². The lowest BCUT2D eigenvalue weighted by Gasteiger charge is -2.07. The van der Waals surface area contributed by atoms with Crippen LogP contribution in [-0.2, 0) is 6.54 Å². The minimum Gasteiger partial charge on any atom is -0.481 e. The van der Waals surface area contributed by atoms with Crippen LogP contribution < -0.4 is 10.1 Å². The highest BCUT2D eigenvalue weighted by atomic mass is 16.5. The van der Waals surface area contributed by atoms with Crippen molar-refractivity contribution in [2.45, 2.75) is 26.8 Å². The molecule has 0 bridgehead atoms. The molecule has 14 heavy (non-hydrogen) atoms. The van der Waals surface area contributed by atoms with Crippen LogP contribution in [-0.4, -0.2) is 18.6 Å². The minimum atomic E-state index is 0.682. The zero-order valence-corrected chi connectivity index (χ0v) is 9.13. The third-order valence-corrected chi connectivity index (χ3v) is 2.12. The fraction of sp³-hybridized carbons (Fsp3) is 0.545. The minimum absolute atomic E-state index is 0.682. The van der Waals surface area contributed by atoms with Gasteiger partial charge in [0.15, 0.2) is 0 Å². The number of hydrogen-bond acceptors (Lipinski definition) is 3. The summed E-state index contributed by atoms with van der Waals surface area (Å²) in [4.78, 5) is 4.31. The van der Waals surface area contributed by atoms with Crippen molar-refractivity contribution in [3.05, 3.63) is 23.4 Å². The fourth-order valence-electron chi connectivity index (χ4n) is 1.27. The molecule has 0 aromatic carbocycles. The maximum Gasteiger partial charge on any atom is 0.213 e. The average Bonchev–Trinajstić information content (AvgIpc) is 2.20. The molecule has 0 spiro atoms. The number of hydrogen-bond donors (Lipinski definition) is 1. The normalized spacial score (nSPS) is 10.2. The van der Waals surface area contributed by atoms with Crippen LogP contribution in [0.3, 0.4) is 0 Å². The van der Waals surface area contributed by atoms with E-state index in [9.17, 15) is 0 Å². The van der Waals surface area contributed by atoms with E-state index in [0.29, 0.717) is 5.88 Å². The van der Waals surface area contributed by atoms with E-state index >= 15 is 0 Å². The second kappa shape index (κ2) is 5.60. The van der Waals surface area contributed by atoms with Gasteiger partial charge in [0.05, 0.1) is 7.11 Å². The van der Waals surface area contributed by atoms with Gasteiger partial charge in [-0.25, -0.2) is 4.98 Å². The largest absolute Gasteiger partial charge is 0.481 e. The summed E-state index contributed by atoms with van der Waals surface area (Å²) < 4.78 is 5.04. The highest BCUT2D eigenvalue weighted by Crippen LogP contribution is 2.11. The summed E-state index contributed by atoms with van der Waals surface area (Å²) >= 11 is 0. The number of aryl methyl sites for hydroxylation is 1. The summed E-state index contributed by atoms with van der Waals surface area (Å²) in [6, 6.07) is 3.96. The molecule has 0 amide bonds. The molecule has 0 aliphatic carbocycles. The first kappa shape index (κ1) is 11.0. The van der Waals surface area contributed by atoms with E-state index in [4.69, 9.17) is 4.74 Å². The Bertz CT molecular complexity index is 287. The van der Waals surface area contributed by atoms with E-state index in [1.807, 2.05) is 13.0 Å². The summed E-state index contributed by atoms with van der Waals surface area (Å²) in [6.45, 7) is 6.10. The monoisotopic (exact) mass is 194 g/mol.